The smallest absolute Gasteiger partial charge is 0.185 e. The lowest BCUT2D eigenvalue weighted by molar-refractivity contribution is 0.456. The van der Waals surface area contributed by atoms with Crippen molar-refractivity contribution in [3.63, 3.8) is 0 Å². The first-order valence-corrected chi connectivity index (χ1v) is 10.0. The average molecular weight is 355 g/mol. The van der Waals surface area contributed by atoms with Gasteiger partial charge in [0, 0.05) is 49.7 Å². The molecule has 0 spiro atoms. The van der Waals surface area contributed by atoms with Crippen LogP contribution in [0.3, 0.4) is 0 Å². The molecular weight excluding hydrogens is 328 g/mol. The number of benzene rings is 1. The summed E-state index contributed by atoms with van der Waals surface area (Å²) in [5.41, 5.74) is 9.32. The lowest BCUT2D eigenvalue weighted by atomic mass is 9.95. The second-order valence-electron chi connectivity index (χ2n) is 7.09. The standard InChI is InChI=1S/C20H26N4S/c1-15(21)16-7-11-24(12-8-16)20-22-14-19(25-20)17-5-4-6-18(13-17)23-9-2-3-10-23/h4-6,13-14,16H,1-3,7-12,21H2. The van der Waals surface area contributed by atoms with Crippen molar-refractivity contribution in [3.8, 4) is 10.4 Å². The first-order valence-electron chi connectivity index (χ1n) is 9.21. The molecule has 2 aromatic rings. The van der Waals surface area contributed by atoms with Gasteiger partial charge in [-0.25, -0.2) is 4.98 Å². The summed E-state index contributed by atoms with van der Waals surface area (Å²) in [7, 11) is 0. The SMILES string of the molecule is C=C(N)C1CCN(c2ncc(-c3cccc(N4CCCC4)c3)s2)CC1. The zero-order chi connectivity index (χ0) is 17.2. The predicted molar refractivity (Wildman–Crippen MR) is 107 cm³/mol. The fourth-order valence-electron chi connectivity index (χ4n) is 3.82. The van der Waals surface area contributed by atoms with Crippen LogP contribution in [0.4, 0.5) is 10.8 Å². The zero-order valence-corrected chi connectivity index (χ0v) is 15.5. The number of thiazole rings is 1. The quantitative estimate of drug-likeness (QED) is 0.898. The van der Waals surface area contributed by atoms with Gasteiger partial charge < -0.3 is 15.5 Å². The van der Waals surface area contributed by atoms with Crippen LogP contribution in [0.1, 0.15) is 25.7 Å². The fourth-order valence-corrected chi connectivity index (χ4v) is 4.78. The zero-order valence-electron chi connectivity index (χ0n) is 14.7. The Hall–Kier alpha value is -2.01. The fraction of sp³-hybridized carbons (Fsp3) is 0.450. The van der Waals surface area contributed by atoms with E-state index in [0.29, 0.717) is 5.92 Å². The number of hydrogen-bond acceptors (Lipinski definition) is 5. The van der Waals surface area contributed by atoms with Crippen LogP contribution in [0.15, 0.2) is 42.7 Å². The van der Waals surface area contributed by atoms with E-state index in [0.717, 1.165) is 36.8 Å². The van der Waals surface area contributed by atoms with Crippen molar-refractivity contribution in [2.45, 2.75) is 25.7 Å². The third-order valence-electron chi connectivity index (χ3n) is 5.39. The highest BCUT2D eigenvalue weighted by Crippen LogP contribution is 2.35. The molecule has 2 saturated heterocycles. The number of hydrogen-bond donors (Lipinski definition) is 1. The van der Waals surface area contributed by atoms with Gasteiger partial charge >= 0.3 is 0 Å². The molecule has 1 aromatic carbocycles. The Balaban J connectivity index is 1.48. The molecule has 0 amide bonds. The number of rotatable bonds is 4. The van der Waals surface area contributed by atoms with Crippen LogP contribution in [0.5, 0.6) is 0 Å². The summed E-state index contributed by atoms with van der Waals surface area (Å²) in [6, 6.07) is 8.90. The van der Waals surface area contributed by atoms with E-state index in [-0.39, 0.29) is 0 Å². The van der Waals surface area contributed by atoms with E-state index in [9.17, 15) is 0 Å². The Labute approximate surface area is 154 Å². The van der Waals surface area contributed by atoms with E-state index >= 15 is 0 Å². The summed E-state index contributed by atoms with van der Waals surface area (Å²) in [6.07, 6.45) is 6.79. The lowest BCUT2D eigenvalue weighted by Crippen LogP contribution is -2.35. The molecule has 0 radical (unpaired) electrons. The lowest BCUT2D eigenvalue weighted by Gasteiger charge is -2.31. The van der Waals surface area contributed by atoms with Gasteiger partial charge in [0.2, 0.25) is 0 Å². The molecule has 1 aromatic heterocycles. The number of anilines is 2. The highest BCUT2D eigenvalue weighted by atomic mass is 32.1. The van der Waals surface area contributed by atoms with E-state index in [2.05, 4.69) is 40.6 Å². The van der Waals surface area contributed by atoms with Gasteiger partial charge in [-0.3, -0.25) is 0 Å². The van der Waals surface area contributed by atoms with Crippen LogP contribution >= 0.6 is 11.3 Å². The van der Waals surface area contributed by atoms with Crippen molar-refractivity contribution in [1.82, 2.24) is 4.98 Å². The van der Waals surface area contributed by atoms with Crippen molar-refractivity contribution < 1.29 is 0 Å². The van der Waals surface area contributed by atoms with Crippen molar-refractivity contribution in [2.24, 2.45) is 11.7 Å². The molecule has 0 bridgehead atoms. The van der Waals surface area contributed by atoms with Crippen LogP contribution in [0, 0.1) is 5.92 Å². The highest BCUT2D eigenvalue weighted by molar-refractivity contribution is 7.18. The second-order valence-corrected chi connectivity index (χ2v) is 8.10. The third-order valence-corrected chi connectivity index (χ3v) is 6.49. The summed E-state index contributed by atoms with van der Waals surface area (Å²) in [6.45, 7) is 8.29. The van der Waals surface area contributed by atoms with Crippen LogP contribution in [-0.4, -0.2) is 31.2 Å². The van der Waals surface area contributed by atoms with Gasteiger partial charge in [0.05, 0.1) is 4.88 Å². The molecule has 2 N–H and O–H groups in total. The summed E-state index contributed by atoms with van der Waals surface area (Å²) < 4.78 is 0. The third kappa shape index (κ3) is 3.52. The first-order chi connectivity index (χ1) is 12.2. The molecule has 2 aliphatic heterocycles. The maximum absolute atomic E-state index is 5.87. The maximum Gasteiger partial charge on any atom is 0.185 e. The van der Waals surface area contributed by atoms with Gasteiger partial charge in [-0.1, -0.05) is 30.0 Å². The molecule has 25 heavy (non-hydrogen) atoms. The summed E-state index contributed by atoms with van der Waals surface area (Å²) >= 11 is 1.80. The van der Waals surface area contributed by atoms with E-state index < -0.39 is 0 Å². The molecule has 132 valence electrons. The Morgan fingerprint density at radius 2 is 1.88 bits per heavy atom. The molecular formula is C20H26N4S. The van der Waals surface area contributed by atoms with Gasteiger partial charge in [0.25, 0.3) is 0 Å². The van der Waals surface area contributed by atoms with Gasteiger partial charge in [-0.05, 0) is 43.4 Å². The van der Waals surface area contributed by atoms with Gasteiger partial charge in [-0.15, -0.1) is 0 Å². The van der Waals surface area contributed by atoms with Gasteiger partial charge in [-0.2, -0.15) is 0 Å². The van der Waals surface area contributed by atoms with Crippen LogP contribution in [-0.2, 0) is 0 Å². The molecule has 4 rings (SSSR count). The Morgan fingerprint density at radius 3 is 2.60 bits per heavy atom. The average Bonchev–Trinajstić information content (AvgIpc) is 3.34. The maximum atomic E-state index is 5.87. The van der Waals surface area contributed by atoms with Crippen LogP contribution < -0.4 is 15.5 Å². The minimum Gasteiger partial charge on any atom is -0.402 e. The van der Waals surface area contributed by atoms with Crippen LogP contribution in [0.2, 0.25) is 0 Å². The van der Waals surface area contributed by atoms with E-state index in [1.54, 1.807) is 11.3 Å². The number of nitrogens with two attached hydrogens (primary N) is 1. The predicted octanol–water partition coefficient (Wildman–Crippen LogP) is 4.10. The largest absolute Gasteiger partial charge is 0.402 e. The molecule has 5 heteroatoms. The highest BCUT2D eigenvalue weighted by Gasteiger charge is 2.22. The number of piperidine rings is 1. The summed E-state index contributed by atoms with van der Waals surface area (Å²) in [5.74, 6) is 0.466. The van der Waals surface area contributed by atoms with E-state index in [4.69, 9.17) is 10.7 Å². The number of aromatic nitrogens is 1. The number of nitrogens with zero attached hydrogens (tertiary/aromatic N) is 3. The minimum atomic E-state index is 0.466. The molecule has 0 saturated carbocycles. The van der Waals surface area contributed by atoms with Crippen LogP contribution in [0.25, 0.3) is 10.4 Å². The Bertz CT molecular complexity index is 740. The van der Waals surface area contributed by atoms with Crippen molar-refractivity contribution >= 4 is 22.2 Å². The first kappa shape index (κ1) is 16.5. The molecule has 3 heterocycles. The van der Waals surface area contributed by atoms with Crippen molar-refractivity contribution in [1.29, 1.82) is 0 Å². The Kier molecular flexibility index (Phi) is 4.66. The molecule has 0 aliphatic carbocycles. The molecule has 0 atom stereocenters. The summed E-state index contributed by atoms with van der Waals surface area (Å²) in [5, 5.41) is 1.13. The molecule has 2 fully saturated rings. The number of allylic oxidation sites excluding steroid dienone is 1. The normalized spacial score (nSPS) is 18.7. The topological polar surface area (TPSA) is 45.4 Å². The monoisotopic (exact) mass is 354 g/mol. The van der Waals surface area contributed by atoms with Crippen molar-refractivity contribution in [2.75, 3.05) is 36.0 Å². The second kappa shape index (κ2) is 7.08. The summed E-state index contributed by atoms with van der Waals surface area (Å²) in [4.78, 5) is 10.8. The molecule has 2 aliphatic rings. The van der Waals surface area contributed by atoms with E-state index in [1.807, 2.05) is 6.20 Å². The van der Waals surface area contributed by atoms with Crippen molar-refractivity contribution in [3.05, 3.63) is 42.7 Å². The molecule has 0 unspecified atom stereocenters. The minimum absolute atomic E-state index is 0.466. The molecule has 4 nitrogen and oxygen atoms in total. The Morgan fingerprint density at radius 1 is 1.12 bits per heavy atom. The van der Waals surface area contributed by atoms with Gasteiger partial charge in [0.1, 0.15) is 0 Å². The van der Waals surface area contributed by atoms with E-state index in [1.165, 1.54) is 42.1 Å². The van der Waals surface area contributed by atoms with Gasteiger partial charge in [0.15, 0.2) is 5.13 Å².